The van der Waals surface area contributed by atoms with Gasteiger partial charge in [0.25, 0.3) is 0 Å². The monoisotopic (exact) mass is 414 g/mol. The van der Waals surface area contributed by atoms with Crippen molar-refractivity contribution in [2.45, 2.75) is 13.5 Å². The van der Waals surface area contributed by atoms with Gasteiger partial charge in [-0.1, -0.05) is 29.8 Å². The average molecular weight is 415 g/mol. The van der Waals surface area contributed by atoms with Gasteiger partial charge in [-0.25, -0.2) is 4.98 Å². The van der Waals surface area contributed by atoms with Gasteiger partial charge in [-0.2, -0.15) is 0 Å². The van der Waals surface area contributed by atoms with Crippen LogP contribution in [0.2, 0.25) is 5.02 Å². The molecule has 2 aromatic carbocycles. The number of para-hydroxylation sites is 1. The van der Waals surface area contributed by atoms with Gasteiger partial charge in [0, 0.05) is 36.9 Å². The van der Waals surface area contributed by atoms with E-state index in [1.165, 1.54) is 4.70 Å². The molecule has 0 spiro atoms. The standard InChI is InChI=1S/C21H23ClN4OS/c1-15-6-7-16(12-17(15)22)23-20(27)13-25-8-10-26(11-9-25)14-21-24-18-4-2-3-5-19(18)28-21/h2-7,12H,8-11,13-14H2,1H3,(H,23,27). The Morgan fingerprint density at radius 1 is 1.14 bits per heavy atom. The zero-order valence-electron chi connectivity index (χ0n) is 15.8. The summed E-state index contributed by atoms with van der Waals surface area (Å²) in [6.07, 6.45) is 0. The first-order valence-corrected chi connectivity index (χ1v) is 10.6. The number of amides is 1. The average Bonchev–Trinajstić information content (AvgIpc) is 3.08. The number of nitrogens with zero attached hydrogens (tertiary/aromatic N) is 3. The molecule has 4 rings (SSSR count). The molecule has 1 saturated heterocycles. The normalized spacial score (nSPS) is 15.8. The molecule has 1 aliphatic rings. The van der Waals surface area contributed by atoms with Crippen LogP contribution >= 0.6 is 22.9 Å². The Bertz CT molecular complexity index is 948. The number of nitrogens with one attached hydrogen (secondary N) is 1. The molecular formula is C21H23ClN4OS. The molecule has 28 heavy (non-hydrogen) atoms. The Morgan fingerprint density at radius 2 is 1.89 bits per heavy atom. The van der Waals surface area contributed by atoms with Crippen LogP contribution < -0.4 is 5.32 Å². The highest BCUT2D eigenvalue weighted by atomic mass is 35.5. The van der Waals surface area contributed by atoms with Gasteiger partial charge in [-0.15, -0.1) is 11.3 Å². The number of thiazole rings is 1. The number of carbonyl (C=O) groups is 1. The van der Waals surface area contributed by atoms with Gasteiger partial charge >= 0.3 is 0 Å². The number of anilines is 1. The molecule has 146 valence electrons. The van der Waals surface area contributed by atoms with Gasteiger partial charge in [0.1, 0.15) is 5.01 Å². The summed E-state index contributed by atoms with van der Waals surface area (Å²) in [5.41, 5.74) is 2.83. The van der Waals surface area contributed by atoms with E-state index in [9.17, 15) is 4.79 Å². The maximum absolute atomic E-state index is 12.3. The van der Waals surface area contributed by atoms with Crippen molar-refractivity contribution in [1.29, 1.82) is 0 Å². The van der Waals surface area contributed by atoms with E-state index in [0.29, 0.717) is 11.6 Å². The first kappa shape index (κ1) is 19.3. The number of hydrogen-bond donors (Lipinski definition) is 1. The van der Waals surface area contributed by atoms with Crippen LogP contribution in [0.25, 0.3) is 10.2 Å². The maximum Gasteiger partial charge on any atom is 0.238 e. The van der Waals surface area contributed by atoms with Crippen molar-refractivity contribution >= 4 is 44.7 Å². The lowest BCUT2D eigenvalue weighted by atomic mass is 10.2. The molecule has 1 fully saturated rings. The van der Waals surface area contributed by atoms with Crippen molar-refractivity contribution in [3.05, 3.63) is 58.1 Å². The van der Waals surface area contributed by atoms with Gasteiger partial charge in [0.05, 0.1) is 23.3 Å². The largest absolute Gasteiger partial charge is 0.325 e. The van der Waals surface area contributed by atoms with E-state index < -0.39 is 0 Å². The second-order valence-corrected chi connectivity index (χ2v) is 8.66. The Balaban J connectivity index is 1.25. The highest BCUT2D eigenvalue weighted by Crippen LogP contribution is 2.23. The fourth-order valence-corrected chi connectivity index (χ4v) is 4.55. The molecule has 7 heteroatoms. The summed E-state index contributed by atoms with van der Waals surface area (Å²) >= 11 is 7.89. The number of halogens is 1. The van der Waals surface area contributed by atoms with Gasteiger partial charge in [0.2, 0.25) is 5.91 Å². The lowest BCUT2D eigenvalue weighted by Crippen LogP contribution is -2.48. The van der Waals surface area contributed by atoms with E-state index in [4.69, 9.17) is 16.6 Å². The van der Waals surface area contributed by atoms with Crippen molar-refractivity contribution in [3.8, 4) is 0 Å². The number of aromatic nitrogens is 1. The highest BCUT2D eigenvalue weighted by Gasteiger charge is 2.20. The van der Waals surface area contributed by atoms with Crippen LogP contribution in [-0.4, -0.2) is 53.4 Å². The Labute approximate surface area is 173 Å². The molecule has 1 N–H and O–H groups in total. The molecule has 0 saturated carbocycles. The smallest absolute Gasteiger partial charge is 0.238 e. The van der Waals surface area contributed by atoms with Crippen LogP contribution in [0.5, 0.6) is 0 Å². The van der Waals surface area contributed by atoms with Gasteiger partial charge in [0.15, 0.2) is 0 Å². The molecule has 1 amide bonds. The molecule has 0 bridgehead atoms. The van der Waals surface area contributed by atoms with Gasteiger partial charge in [-0.3, -0.25) is 14.6 Å². The summed E-state index contributed by atoms with van der Waals surface area (Å²) in [6.45, 7) is 6.88. The second kappa shape index (κ2) is 8.57. The zero-order valence-corrected chi connectivity index (χ0v) is 17.4. The number of piperazine rings is 1. The van der Waals surface area contributed by atoms with Crippen LogP contribution in [-0.2, 0) is 11.3 Å². The Morgan fingerprint density at radius 3 is 2.64 bits per heavy atom. The predicted octanol–water partition coefficient (Wildman–Crippen LogP) is 4.01. The third-order valence-corrected chi connectivity index (χ3v) is 6.41. The summed E-state index contributed by atoms with van der Waals surface area (Å²) in [6, 6.07) is 13.9. The topological polar surface area (TPSA) is 48.5 Å². The highest BCUT2D eigenvalue weighted by molar-refractivity contribution is 7.18. The summed E-state index contributed by atoms with van der Waals surface area (Å²) in [5, 5.41) is 4.76. The second-order valence-electron chi connectivity index (χ2n) is 7.14. The van der Waals surface area contributed by atoms with Crippen LogP contribution in [0.15, 0.2) is 42.5 Å². The van der Waals surface area contributed by atoms with E-state index in [2.05, 4.69) is 33.3 Å². The van der Waals surface area contributed by atoms with E-state index in [0.717, 1.165) is 54.5 Å². The van der Waals surface area contributed by atoms with Crippen molar-refractivity contribution < 1.29 is 4.79 Å². The Hall–Kier alpha value is -1.99. The third-order valence-electron chi connectivity index (χ3n) is 4.98. The van der Waals surface area contributed by atoms with Gasteiger partial charge in [-0.05, 0) is 36.8 Å². The van der Waals surface area contributed by atoms with E-state index in [1.54, 1.807) is 17.4 Å². The molecule has 1 aliphatic heterocycles. The van der Waals surface area contributed by atoms with E-state index in [1.807, 2.05) is 25.1 Å². The van der Waals surface area contributed by atoms with Crippen molar-refractivity contribution in [3.63, 3.8) is 0 Å². The van der Waals surface area contributed by atoms with Crippen molar-refractivity contribution in [2.75, 3.05) is 38.0 Å². The molecule has 0 radical (unpaired) electrons. The minimum absolute atomic E-state index is 0.000423. The number of rotatable bonds is 5. The van der Waals surface area contributed by atoms with E-state index >= 15 is 0 Å². The number of benzene rings is 2. The SMILES string of the molecule is Cc1ccc(NC(=O)CN2CCN(Cc3nc4ccccc4s3)CC2)cc1Cl. The molecule has 5 nitrogen and oxygen atoms in total. The zero-order chi connectivity index (χ0) is 19.5. The molecule has 0 aliphatic carbocycles. The number of hydrogen-bond acceptors (Lipinski definition) is 5. The predicted molar refractivity (Wildman–Crippen MR) is 116 cm³/mol. The first-order valence-electron chi connectivity index (χ1n) is 9.42. The Kier molecular flexibility index (Phi) is 5.92. The van der Waals surface area contributed by atoms with Crippen LogP contribution in [0, 0.1) is 6.92 Å². The molecule has 0 unspecified atom stereocenters. The number of fused-ring (bicyclic) bond motifs is 1. The van der Waals surface area contributed by atoms with Crippen molar-refractivity contribution in [2.24, 2.45) is 0 Å². The molecular weight excluding hydrogens is 392 g/mol. The van der Waals surface area contributed by atoms with Crippen LogP contribution in [0.3, 0.4) is 0 Å². The number of aryl methyl sites for hydroxylation is 1. The summed E-state index contributed by atoms with van der Waals surface area (Å²) in [4.78, 5) is 21.7. The van der Waals surface area contributed by atoms with Gasteiger partial charge < -0.3 is 5.32 Å². The number of carbonyl (C=O) groups excluding carboxylic acids is 1. The van der Waals surface area contributed by atoms with E-state index in [-0.39, 0.29) is 5.91 Å². The van der Waals surface area contributed by atoms with Crippen LogP contribution in [0.4, 0.5) is 5.69 Å². The summed E-state index contributed by atoms with van der Waals surface area (Å²) in [5.74, 6) is -0.000423. The molecule has 1 aromatic heterocycles. The van der Waals surface area contributed by atoms with Crippen molar-refractivity contribution in [1.82, 2.24) is 14.8 Å². The molecule has 3 aromatic rings. The lowest BCUT2D eigenvalue weighted by Gasteiger charge is -2.33. The minimum atomic E-state index is -0.000423. The molecule has 2 heterocycles. The first-order chi connectivity index (χ1) is 13.6. The fraction of sp³-hybridized carbons (Fsp3) is 0.333. The fourth-order valence-electron chi connectivity index (χ4n) is 3.36. The summed E-state index contributed by atoms with van der Waals surface area (Å²) < 4.78 is 1.24. The molecule has 0 atom stereocenters. The van der Waals surface area contributed by atoms with Crippen LogP contribution in [0.1, 0.15) is 10.6 Å². The third kappa shape index (κ3) is 4.70. The minimum Gasteiger partial charge on any atom is -0.325 e. The summed E-state index contributed by atoms with van der Waals surface area (Å²) in [7, 11) is 0. The lowest BCUT2D eigenvalue weighted by molar-refractivity contribution is -0.117. The quantitative estimate of drug-likeness (QED) is 0.685. The maximum atomic E-state index is 12.3.